The van der Waals surface area contributed by atoms with E-state index in [9.17, 15) is 13.2 Å². The van der Waals surface area contributed by atoms with E-state index in [1.807, 2.05) is 0 Å². The van der Waals surface area contributed by atoms with Gasteiger partial charge in [0.1, 0.15) is 0 Å². The number of rotatable bonds is 2. The van der Waals surface area contributed by atoms with Gasteiger partial charge >= 0.3 is 35.7 Å². The van der Waals surface area contributed by atoms with E-state index in [4.69, 9.17) is 0 Å². The van der Waals surface area contributed by atoms with Crippen LogP contribution in [0.1, 0.15) is 27.6 Å². The van der Waals surface area contributed by atoms with E-state index in [0.29, 0.717) is 6.42 Å². The van der Waals surface area contributed by atoms with Crippen molar-refractivity contribution in [1.82, 2.24) is 0 Å². The molecule has 0 atom stereocenters. The van der Waals surface area contributed by atoms with Crippen molar-refractivity contribution in [2.24, 2.45) is 0 Å². The summed E-state index contributed by atoms with van der Waals surface area (Å²) in [5.74, 6) is 0. The molecule has 9 heavy (non-hydrogen) atoms. The van der Waals surface area contributed by atoms with E-state index >= 15 is 0 Å². The predicted octanol–water partition coefficient (Wildman–Crippen LogP) is -0.145. The van der Waals surface area contributed by atoms with E-state index in [2.05, 4.69) is 0 Å². The monoisotopic (exact) mass is 150 g/mol. The fourth-order valence-electron chi connectivity index (χ4n) is 0.377. The van der Waals surface area contributed by atoms with Crippen molar-refractivity contribution in [3.63, 3.8) is 0 Å². The van der Waals surface area contributed by atoms with Gasteiger partial charge in [0.2, 0.25) is 0 Å². The van der Waals surface area contributed by atoms with Crippen molar-refractivity contribution < 1.29 is 44.2 Å². The third kappa shape index (κ3) is 12.1. The molecule has 0 aliphatic rings. The second kappa shape index (κ2) is 5.57. The third-order valence-electron chi connectivity index (χ3n) is 0.814. The summed E-state index contributed by atoms with van der Waals surface area (Å²) in [4.78, 5) is 0. The summed E-state index contributed by atoms with van der Waals surface area (Å²) in [6, 6.07) is 0. The molecular formula is C5H10F3Na. The molecule has 0 heterocycles. The molecule has 0 saturated carbocycles. The van der Waals surface area contributed by atoms with E-state index in [1.165, 1.54) is 0 Å². The number of hydrogen-bond acceptors (Lipinski definition) is 0. The number of alkyl halides is 3. The molecule has 0 radical (unpaired) electrons. The van der Waals surface area contributed by atoms with Crippen molar-refractivity contribution in [2.45, 2.75) is 32.4 Å². The van der Waals surface area contributed by atoms with Gasteiger partial charge in [0, 0.05) is 6.42 Å². The standard InChI is InChI=1S/C5H9F3.Na.H/c1-2-3-4-5(6,7)8;;/h2-4H2,1H3;;/q;+1;-1. The zero-order chi connectivity index (χ0) is 6.62. The van der Waals surface area contributed by atoms with Crippen LogP contribution in [-0.4, -0.2) is 6.18 Å². The van der Waals surface area contributed by atoms with Gasteiger partial charge in [0.15, 0.2) is 0 Å². The normalized spacial score (nSPS) is 10.7. The van der Waals surface area contributed by atoms with Crippen LogP contribution in [0.3, 0.4) is 0 Å². The first-order valence-corrected chi connectivity index (χ1v) is 2.63. The van der Waals surface area contributed by atoms with E-state index in [0.717, 1.165) is 0 Å². The molecule has 0 aromatic heterocycles. The van der Waals surface area contributed by atoms with Gasteiger partial charge in [0.05, 0.1) is 0 Å². The van der Waals surface area contributed by atoms with Gasteiger partial charge in [-0.3, -0.25) is 0 Å². The van der Waals surface area contributed by atoms with Gasteiger partial charge in [-0.05, 0) is 6.42 Å². The maximum Gasteiger partial charge on any atom is 1.00 e. The van der Waals surface area contributed by atoms with Crippen molar-refractivity contribution >= 4 is 0 Å². The van der Waals surface area contributed by atoms with E-state index in [1.54, 1.807) is 6.92 Å². The van der Waals surface area contributed by atoms with Crippen molar-refractivity contribution in [3.05, 3.63) is 0 Å². The molecule has 0 amide bonds. The first kappa shape index (κ1) is 12.5. The molecule has 4 heteroatoms. The molecule has 0 saturated heterocycles. The molecule has 0 N–H and O–H groups in total. The quantitative estimate of drug-likeness (QED) is 0.480. The Labute approximate surface area is 76.6 Å². The Balaban J connectivity index is -0.000000245. The summed E-state index contributed by atoms with van der Waals surface area (Å²) in [5.41, 5.74) is 0. The van der Waals surface area contributed by atoms with Crippen molar-refractivity contribution in [1.29, 1.82) is 0 Å². The molecule has 0 fully saturated rings. The summed E-state index contributed by atoms with van der Waals surface area (Å²) in [6.45, 7) is 1.74. The van der Waals surface area contributed by atoms with Crippen LogP contribution in [0.15, 0.2) is 0 Å². The molecule has 0 aliphatic heterocycles. The summed E-state index contributed by atoms with van der Waals surface area (Å²) in [7, 11) is 0. The van der Waals surface area contributed by atoms with Crippen LogP contribution < -0.4 is 29.6 Å². The molecule has 0 nitrogen and oxygen atoms in total. The Bertz CT molecular complexity index is 64.4. The minimum absolute atomic E-state index is 0. The van der Waals surface area contributed by atoms with Gasteiger partial charge in [-0.15, -0.1) is 0 Å². The summed E-state index contributed by atoms with van der Waals surface area (Å²) in [5, 5.41) is 0. The average molecular weight is 150 g/mol. The first-order valence-electron chi connectivity index (χ1n) is 2.63. The van der Waals surface area contributed by atoms with Crippen LogP contribution in [0.2, 0.25) is 0 Å². The van der Waals surface area contributed by atoms with Crippen LogP contribution >= 0.6 is 0 Å². The molecule has 0 aliphatic carbocycles. The minimum atomic E-state index is -3.95. The molecule has 0 unspecified atom stereocenters. The molecule has 0 spiro atoms. The van der Waals surface area contributed by atoms with E-state index in [-0.39, 0.29) is 37.4 Å². The SMILES string of the molecule is CCCCC(F)(F)F.[H-].[Na+]. The predicted molar refractivity (Wildman–Crippen MR) is 26.7 cm³/mol. The van der Waals surface area contributed by atoms with Crippen molar-refractivity contribution in [2.75, 3.05) is 0 Å². The number of halogens is 3. The molecule has 0 bridgehead atoms. The second-order valence-electron chi connectivity index (χ2n) is 1.72. The van der Waals surface area contributed by atoms with Gasteiger partial charge in [-0.1, -0.05) is 13.3 Å². The van der Waals surface area contributed by atoms with Crippen LogP contribution in [0.25, 0.3) is 0 Å². The maximum absolute atomic E-state index is 11.2. The van der Waals surface area contributed by atoms with Gasteiger partial charge in [-0.2, -0.15) is 13.2 Å². The Morgan fingerprint density at radius 2 is 1.78 bits per heavy atom. The molecule has 0 rings (SSSR count). The fraction of sp³-hybridized carbons (Fsp3) is 1.00. The largest absolute Gasteiger partial charge is 1.00 e. The molecule has 0 aromatic rings. The van der Waals surface area contributed by atoms with Crippen molar-refractivity contribution in [3.8, 4) is 0 Å². The van der Waals surface area contributed by atoms with Crippen LogP contribution in [-0.2, 0) is 0 Å². The Morgan fingerprint density at radius 1 is 1.33 bits per heavy atom. The molecule has 0 aromatic carbocycles. The Kier molecular flexibility index (Phi) is 7.71. The summed E-state index contributed by atoms with van der Waals surface area (Å²) >= 11 is 0. The van der Waals surface area contributed by atoms with Gasteiger partial charge in [0.25, 0.3) is 0 Å². The summed E-state index contributed by atoms with van der Waals surface area (Å²) < 4.78 is 33.7. The zero-order valence-corrected chi connectivity index (χ0v) is 7.76. The third-order valence-corrected chi connectivity index (χ3v) is 0.814. The topological polar surface area (TPSA) is 0 Å². The van der Waals surface area contributed by atoms with E-state index < -0.39 is 12.6 Å². The second-order valence-corrected chi connectivity index (χ2v) is 1.72. The van der Waals surface area contributed by atoms with Gasteiger partial charge in [-0.25, -0.2) is 0 Å². The molecular weight excluding hydrogens is 140 g/mol. The number of hydrogen-bond donors (Lipinski definition) is 0. The maximum atomic E-state index is 11.2. The number of unbranched alkanes of at least 4 members (excludes halogenated alkanes) is 1. The minimum Gasteiger partial charge on any atom is -1.00 e. The van der Waals surface area contributed by atoms with Gasteiger partial charge < -0.3 is 1.43 Å². The first-order chi connectivity index (χ1) is 3.56. The van der Waals surface area contributed by atoms with Crippen LogP contribution in [0, 0.1) is 0 Å². The zero-order valence-electron chi connectivity index (χ0n) is 6.76. The fourth-order valence-corrected chi connectivity index (χ4v) is 0.377. The van der Waals surface area contributed by atoms with Crippen LogP contribution in [0.4, 0.5) is 13.2 Å². The molecule has 52 valence electrons. The Hall–Kier alpha value is 0.790. The smallest absolute Gasteiger partial charge is 1.00 e. The van der Waals surface area contributed by atoms with Crippen LogP contribution in [0.5, 0.6) is 0 Å². The average Bonchev–Trinajstić information content (AvgIpc) is 1.59. The Morgan fingerprint density at radius 3 is 1.89 bits per heavy atom. The summed E-state index contributed by atoms with van der Waals surface area (Å²) in [6.07, 6.45) is -3.72.